The van der Waals surface area contributed by atoms with E-state index in [9.17, 15) is 0 Å². The molecule has 0 aromatic carbocycles. The third-order valence-corrected chi connectivity index (χ3v) is 2.96. The van der Waals surface area contributed by atoms with Crippen LogP contribution in [0.3, 0.4) is 0 Å². The summed E-state index contributed by atoms with van der Waals surface area (Å²) in [6.07, 6.45) is 3.42. The zero-order valence-electron chi connectivity index (χ0n) is 7.98. The van der Waals surface area contributed by atoms with Crippen molar-refractivity contribution in [2.24, 2.45) is 7.05 Å². The van der Waals surface area contributed by atoms with Gasteiger partial charge in [0.25, 0.3) is 0 Å². The van der Waals surface area contributed by atoms with Crippen molar-refractivity contribution in [3.8, 4) is 17.5 Å². The first-order valence-corrected chi connectivity index (χ1v) is 5.06. The molecule has 15 heavy (non-hydrogen) atoms. The van der Waals surface area contributed by atoms with E-state index in [2.05, 4.69) is 25.9 Å². The topological polar surface area (TPSA) is 54.5 Å². The summed E-state index contributed by atoms with van der Waals surface area (Å²) in [4.78, 5) is 8.23. The van der Waals surface area contributed by atoms with Crippen LogP contribution in [0, 0.1) is 11.3 Å². The lowest BCUT2D eigenvalue weighted by molar-refractivity contribution is 0.900. The minimum absolute atomic E-state index is 0.386. The van der Waals surface area contributed by atoms with Gasteiger partial charge < -0.3 is 4.57 Å². The monoisotopic (exact) mass is 262 g/mol. The molecule has 0 saturated heterocycles. The molecule has 0 aliphatic rings. The lowest BCUT2D eigenvalue weighted by Crippen LogP contribution is -1.92. The molecule has 4 nitrogen and oxygen atoms in total. The highest BCUT2D eigenvalue weighted by atomic mass is 79.9. The Bertz CT molecular complexity index is 524. The predicted octanol–water partition coefficient (Wildman–Crippen LogP) is 2.12. The Hall–Kier alpha value is -1.67. The Kier molecular flexibility index (Phi) is 2.52. The van der Waals surface area contributed by atoms with E-state index in [1.165, 1.54) is 0 Å². The molecule has 0 radical (unpaired) electrons. The molecule has 2 heterocycles. The molecule has 0 aliphatic carbocycles. The molecule has 0 saturated carbocycles. The summed E-state index contributed by atoms with van der Waals surface area (Å²) in [6.45, 7) is 0. The number of imidazole rings is 1. The van der Waals surface area contributed by atoms with Gasteiger partial charge in [-0.25, -0.2) is 4.98 Å². The Morgan fingerprint density at radius 1 is 1.53 bits per heavy atom. The van der Waals surface area contributed by atoms with E-state index in [-0.39, 0.29) is 0 Å². The highest BCUT2D eigenvalue weighted by Crippen LogP contribution is 2.23. The molecular formula is C10H7BrN4. The predicted molar refractivity (Wildman–Crippen MR) is 58.9 cm³/mol. The van der Waals surface area contributed by atoms with Gasteiger partial charge in [0.1, 0.15) is 16.5 Å². The zero-order chi connectivity index (χ0) is 10.8. The maximum absolute atomic E-state index is 8.83. The minimum atomic E-state index is 0.386. The Morgan fingerprint density at radius 3 is 2.87 bits per heavy atom. The molecule has 0 bridgehead atoms. The lowest BCUT2D eigenvalue weighted by atomic mass is 10.3. The molecule has 0 atom stereocenters. The van der Waals surface area contributed by atoms with E-state index >= 15 is 0 Å². The fraction of sp³-hybridized carbons (Fsp3) is 0.100. The third kappa shape index (κ3) is 1.64. The number of nitrogens with zero attached hydrogens (tertiary/aromatic N) is 4. The van der Waals surface area contributed by atoms with Gasteiger partial charge in [-0.15, -0.1) is 0 Å². The fourth-order valence-corrected chi connectivity index (χ4v) is 1.65. The number of halogens is 1. The summed E-state index contributed by atoms with van der Waals surface area (Å²) < 4.78 is 2.50. The van der Waals surface area contributed by atoms with Crippen LogP contribution in [0.15, 0.2) is 29.1 Å². The molecule has 0 unspecified atom stereocenters. The Labute approximate surface area is 95.3 Å². The van der Waals surface area contributed by atoms with Gasteiger partial charge in [-0.2, -0.15) is 5.26 Å². The van der Waals surface area contributed by atoms with E-state index in [0.29, 0.717) is 10.3 Å². The Balaban J connectivity index is 2.61. The minimum Gasteiger partial charge on any atom is -0.321 e. The first-order valence-electron chi connectivity index (χ1n) is 4.26. The second-order valence-corrected chi connectivity index (χ2v) is 3.74. The summed E-state index contributed by atoms with van der Waals surface area (Å²) in [5.74, 6) is 0.728. The van der Waals surface area contributed by atoms with Crippen molar-refractivity contribution in [3.05, 3.63) is 34.8 Å². The molecule has 0 fully saturated rings. The molecular weight excluding hydrogens is 256 g/mol. The van der Waals surface area contributed by atoms with Crippen LogP contribution in [0.5, 0.6) is 0 Å². The second-order valence-electron chi connectivity index (χ2n) is 2.99. The molecule has 2 rings (SSSR count). The van der Waals surface area contributed by atoms with E-state index < -0.39 is 0 Å². The van der Waals surface area contributed by atoms with Gasteiger partial charge in [0, 0.05) is 25.0 Å². The number of hydrogen-bond donors (Lipinski definition) is 0. The molecule has 0 aliphatic heterocycles. The number of hydrogen-bond acceptors (Lipinski definition) is 3. The van der Waals surface area contributed by atoms with Gasteiger partial charge >= 0.3 is 0 Å². The van der Waals surface area contributed by atoms with Crippen molar-refractivity contribution < 1.29 is 0 Å². The van der Waals surface area contributed by atoms with Crippen molar-refractivity contribution in [2.45, 2.75) is 0 Å². The van der Waals surface area contributed by atoms with E-state index in [1.807, 2.05) is 29.8 Å². The molecule has 0 N–H and O–H groups in total. The Morgan fingerprint density at radius 2 is 2.33 bits per heavy atom. The number of rotatable bonds is 1. The molecule has 2 aromatic rings. The van der Waals surface area contributed by atoms with Crippen LogP contribution in [0.1, 0.15) is 5.69 Å². The smallest absolute Gasteiger partial charge is 0.173 e. The van der Waals surface area contributed by atoms with Crippen LogP contribution in [0.4, 0.5) is 0 Å². The van der Waals surface area contributed by atoms with Crippen molar-refractivity contribution in [1.29, 1.82) is 5.26 Å². The van der Waals surface area contributed by atoms with Crippen LogP contribution in [0.25, 0.3) is 11.4 Å². The highest BCUT2D eigenvalue weighted by molar-refractivity contribution is 9.10. The number of nitriles is 1. The molecule has 74 valence electrons. The molecule has 5 heteroatoms. The van der Waals surface area contributed by atoms with Gasteiger partial charge in [-0.05, 0) is 28.1 Å². The van der Waals surface area contributed by atoms with E-state index in [4.69, 9.17) is 5.26 Å². The average molecular weight is 263 g/mol. The number of pyridine rings is 1. The highest BCUT2D eigenvalue weighted by Gasteiger charge is 2.13. The largest absolute Gasteiger partial charge is 0.321 e. The summed E-state index contributed by atoms with van der Waals surface area (Å²) in [7, 11) is 1.85. The van der Waals surface area contributed by atoms with Crippen LogP contribution >= 0.6 is 15.9 Å². The van der Waals surface area contributed by atoms with Crippen molar-refractivity contribution in [2.75, 3.05) is 0 Å². The fourth-order valence-electron chi connectivity index (χ4n) is 1.30. The van der Waals surface area contributed by atoms with Gasteiger partial charge in [-0.3, -0.25) is 4.98 Å². The quantitative estimate of drug-likeness (QED) is 0.791. The summed E-state index contributed by atoms with van der Waals surface area (Å²) in [5.41, 5.74) is 1.28. The van der Waals surface area contributed by atoms with Gasteiger partial charge in [0.2, 0.25) is 0 Å². The summed E-state index contributed by atoms with van der Waals surface area (Å²) >= 11 is 3.32. The van der Waals surface area contributed by atoms with Gasteiger partial charge in [0.05, 0.1) is 0 Å². The van der Waals surface area contributed by atoms with Crippen molar-refractivity contribution in [3.63, 3.8) is 0 Å². The first-order chi connectivity index (χ1) is 7.24. The molecule has 2 aromatic heterocycles. The van der Waals surface area contributed by atoms with E-state index in [0.717, 1.165) is 11.4 Å². The normalized spacial score (nSPS) is 9.93. The summed E-state index contributed by atoms with van der Waals surface area (Å²) in [5, 5.41) is 8.83. The maximum Gasteiger partial charge on any atom is 0.173 e. The molecule has 0 amide bonds. The number of aromatic nitrogens is 3. The average Bonchev–Trinajstić information content (AvgIpc) is 2.57. The van der Waals surface area contributed by atoms with Crippen LogP contribution in [-0.4, -0.2) is 14.5 Å². The van der Waals surface area contributed by atoms with Crippen molar-refractivity contribution in [1.82, 2.24) is 14.5 Å². The lowest BCUT2D eigenvalue weighted by Gasteiger charge is -2.00. The van der Waals surface area contributed by atoms with Crippen LogP contribution in [0.2, 0.25) is 0 Å². The maximum atomic E-state index is 8.83. The van der Waals surface area contributed by atoms with E-state index in [1.54, 1.807) is 12.4 Å². The van der Waals surface area contributed by atoms with Crippen LogP contribution < -0.4 is 0 Å². The molecule has 0 spiro atoms. The summed E-state index contributed by atoms with van der Waals surface area (Å²) in [6, 6.07) is 5.77. The van der Waals surface area contributed by atoms with Gasteiger partial charge in [0.15, 0.2) is 5.69 Å². The standard InChI is InChI=1S/C10H7BrN4/c1-15-9(11)8(5-12)14-10(15)7-3-2-4-13-6-7/h2-4,6H,1H3. The van der Waals surface area contributed by atoms with Crippen molar-refractivity contribution >= 4 is 15.9 Å². The zero-order valence-corrected chi connectivity index (χ0v) is 9.56. The first kappa shape index (κ1) is 9.87. The van der Waals surface area contributed by atoms with Crippen LogP contribution in [-0.2, 0) is 7.05 Å². The van der Waals surface area contributed by atoms with Gasteiger partial charge in [-0.1, -0.05) is 0 Å². The third-order valence-electron chi connectivity index (χ3n) is 2.05. The SMILES string of the molecule is Cn1c(-c2cccnc2)nc(C#N)c1Br. The second kappa shape index (κ2) is 3.83.